The van der Waals surface area contributed by atoms with Crippen LogP contribution in [0.2, 0.25) is 0 Å². The Morgan fingerprint density at radius 2 is 1.80 bits per heavy atom. The number of benzene rings is 1. The van der Waals surface area contributed by atoms with Crippen LogP contribution in [0.5, 0.6) is 0 Å². The predicted octanol–water partition coefficient (Wildman–Crippen LogP) is 1.96. The van der Waals surface area contributed by atoms with Gasteiger partial charge in [-0.15, -0.1) is 12.4 Å². The first-order valence-corrected chi connectivity index (χ1v) is 8.16. The number of rotatable bonds is 7. The van der Waals surface area contributed by atoms with Crippen molar-refractivity contribution in [1.29, 1.82) is 0 Å². The topological polar surface area (TPSA) is 90.0 Å². The van der Waals surface area contributed by atoms with Gasteiger partial charge >= 0.3 is 0 Å². The molecular formula is C18H25ClN4O2. The van der Waals surface area contributed by atoms with Crippen LogP contribution in [-0.2, 0) is 6.54 Å². The molecule has 2 rings (SSSR count). The van der Waals surface area contributed by atoms with Crippen molar-refractivity contribution < 1.29 is 4.79 Å². The van der Waals surface area contributed by atoms with Crippen molar-refractivity contribution in [2.75, 3.05) is 6.54 Å². The second-order valence-electron chi connectivity index (χ2n) is 5.95. The van der Waals surface area contributed by atoms with Gasteiger partial charge in [0.1, 0.15) is 5.69 Å². The zero-order valence-electron chi connectivity index (χ0n) is 14.6. The monoisotopic (exact) mass is 364 g/mol. The molecule has 2 aromatic rings. The third-order valence-corrected chi connectivity index (χ3v) is 4.28. The van der Waals surface area contributed by atoms with E-state index in [9.17, 15) is 9.59 Å². The number of halogens is 1. The van der Waals surface area contributed by atoms with Crippen LogP contribution >= 0.6 is 12.4 Å². The first-order chi connectivity index (χ1) is 11.5. The zero-order valence-corrected chi connectivity index (χ0v) is 15.4. The molecule has 1 aromatic carbocycles. The Labute approximate surface area is 153 Å². The van der Waals surface area contributed by atoms with Crippen LogP contribution in [0.15, 0.2) is 47.3 Å². The van der Waals surface area contributed by atoms with Gasteiger partial charge in [-0.1, -0.05) is 44.2 Å². The Hall–Kier alpha value is -2.18. The number of hydrogen-bond acceptors (Lipinski definition) is 4. The van der Waals surface area contributed by atoms with Crippen molar-refractivity contribution >= 4 is 18.3 Å². The normalized spacial score (nSPS) is 10.8. The summed E-state index contributed by atoms with van der Waals surface area (Å²) in [5.41, 5.74) is 6.68. The maximum absolute atomic E-state index is 12.3. The Morgan fingerprint density at radius 1 is 1.16 bits per heavy atom. The van der Waals surface area contributed by atoms with E-state index in [-0.39, 0.29) is 29.6 Å². The van der Waals surface area contributed by atoms with Gasteiger partial charge in [0.15, 0.2) is 0 Å². The number of nitrogens with zero attached hydrogens (tertiary/aromatic N) is 2. The molecule has 0 aliphatic heterocycles. The number of carbonyl (C=O) groups is 1. The quantitative estimate of drug-likeness (QED) is 0.785. The molecule has 0 saturated carbocycles. The van der Waals surface area contributed by atoms with E-state index >= 15 is 0 Å². The molecule has 136 valence electrons. The summed E-state index contributed by atoms with van der Waals surface area (Å²) in [6.45, 7) is 4.69. The molecule has 0 fully saturated rings. The largest absolute Gasteiger partial charge is 0.349 e. The lowest BCUT2D eigenvalue weighted by Gasteiger charge is -2.26. The van der Waals surface area contributed by atoms with Gasteiger partial charge in [0, 0.05) is 18.2 Å². The van der Waals surface area contributed by atoms with Crippen molar-refractivity contribution in [3.8, 4) is 0 Å². The minimum absolute atomic E-state index is 0. The Balaban J connectivity index is 0.00000312. The van der Waals surface area contributed by atoms with Gasteiger partial charge in [-0.3, -0.25) is 9.59 Å². The van der Waals surface area contributed by atoms with Gasteiger partial charge < -0.3 is 11.1 Å². The van der Waals surface area contributed by atoms with Crippen LogP contribution in [-0.4, -0.2) is 27.8 Å². The smallest absolute Gasteiger partial charge is 0.271 e. The fraction of sp³-hybridized carbons (Fsp3) is 0.389. The van der Waals surface area contributed by atoms with E-state index in [1.165, 1.54) is 16.8 Å². The second-order valence-corrected chi connectivity index (χ2v) is 5.95. The lowest BCUT2D eigenvalue weighted by atomic mass is 9.94. The first kappa shape index (κ1) is 20.9. The zero-order chi connectivity index (χ0) is 17.6. The average Bonchev–Trinajstić information content (AvgIpc) is 2.62. The predicted molar refractivity (Wildman–Crippen MR) is 101 cm³/mol. The molecule has 25 heavy (non-hydrogen) atoms. The molecule has 1 amide bonds. The van der Waals surface area contributed by atoms with E-state index in [4.69, 9.17) is 5.73 Å². The number of aromatic nitrogens is 2. The molecule has 0 radical (unpaired) electrons. The van der Waals surface area contributed by atoms with E-state index < -0.39 is 5.54 Å². The molecule has 0 aliphatic rings. The van der Waals surface area contributed by atoms with Crippen LogP contribution in [0, 0.1) is 0 Å². The highest BCUT2D eigenvalue weighted by molar-refractivity contribution is 5.92. The number of hydrogen-bond donors (Lipinski definition) is 2. The highest BCUT2D eigenvalue weighted by Gasteiger charge is 2.21. The van der Waals surface area contributed by atoms with Crippen LogP contribution in [0.25, 0.3) is 0 Å². The fourth-order valence-electron chi connectivity index (χ4n) is 2.29. The third kappa shape index (κ3) is 5.69. The number of nitrogens with one attached hydrogen (secondary N) is 1. The molecule has 1 heterocycles. The number of carbonyl (C=O) groups excluding carboxylic acids is 1. The van der Waals surface area contributed by atoms with Gasteiger partial charge in [0.05, 0.1) is 6.54 Å². The van der Waals surface area contributed by atoms with Crippen LogP contribution in [0.1, 0.15) is 42.7 Å². The lowest BCUT2D eigenvalue weighted by Crippen LogP contribution is -2.49. The number of nitrogens with two attached hydrogens (primary N) is 1. The Morgan fingerprint density at radius 3 is 2.40 bits per heavy atom. The van der Waals surface area contributed by atoms with Crippen molar-refractivity contribution in [3.63, 3.8) is 0 Å². The van der Waals surface area contributed by atoms with Crippen molar-refractivity contribution in [2.24, 2.45) is 5.73 Å². The molecular weight excluding hydrogens is 340 g/mol. The molecule has 0 spiro atoms. The summed E-state index contributed by atoms with van der Waals surface area (Å²) in [4.78, 5) is 24.3. The highest BCUT2D eigenvalue weighted by Crippen LogP contribution is 2.09. The second kappa shape index (κ2) is 9.34. The molecule has 7 heteroatoms. The summed E-state index contributed by atoms with van der Waals surface area (Å²) < 4.78 is 1.29. The third-order valence-electron chi connectivity index (χ3n) is 4.28. The van der Waals surface area contributed by atoms with E-state index in [1.807, 2.05) is 44.2 Å². The molecule has 6 nitrogen and oxygen atoms in total. The first-order valence-electron chi connectivity index (χ1n) is 8.16. The summed E-state index contributed by atoms with van der Waals surface area (Å²) in [6, 6.07) is 12.3. The molecule has 0 unspecified atom stereocenters. The van der Waals surface area contributed by atoms with Crippen molar-refractivity contribution in [3.05, 3.63) is 64.1 Å². The molecule has 0 bridgehead atoms. The number of amides is 1. The highest BCUT2D eigenvalue weighted by atomic mass is 35.5. The summed E-state index contributed by atoms with van der Waals surface area (Å²) in [6.07, 6.45) is 1.54. The summed E-state index contributed by atoms with van der Waals surface area (Å²) >= 11 is 0. The van der Waals surface area contributed by atoms with Crippen LogP contribution in [0.3, 0.4) is 0 Å². The van der Waals surface area contributed by atoms with Crippen molar-refractivity contribution in [2.45, 2.75) is 38.8 Å². The maximum Gasteiger partial charge on any atom is 0.271 e. The molecule has 0 saturated heterocycles. The van der Waals surface area contributed by atoms with Gasteiger partial charge in [-0.25, -0.2) is 4.68 Å². The fourth-order valence-corrected chi connectivity index (χ4v) is 2.29. The summed E-state index contributed by atoms with van der Waals surface area (Å²) in [7, 11) is 0. The van der Waals surface area contributed by atoms with Crippen LogP contribution in [0.4, 0.5) is 0 Å². The minimum Gasteiger partial charge on any atom is -0.349 e. The molecule has 0 atom stereocenters. The van der Waals surface area contributed by atoms with Gasteiger partial charge in [0.25, 0.3) is 11.5 Å². The van der Waals surface area contributed by atoms with E-state index in [2.05, 4.69) is 10.4 Å². The minimum atomic E-state index is -0.422. The van der Waals surface area contributed by atoms with Gasteiger partial charge in [-0.2, -0.15) is 5.10 Å². The molecule has 0 aliphatic carbocycles. The molecule has 1 aromatic heterocycles. The van der Waals surface area contributed by atoms with E-state index in [1.54, 1.807) is 0 Å². The Bertz CT molecular complexity index is 742. The lowest BCUT2D eigenvalue weighted by molar-refractivity contribution is 0.0934. The van der Waals surface area contributed by atoms with E-state index in [0.29, 0.717) is 13.1 Å². The van der Waals surface area contributed by atoms with Gasteiger partial charge in [0.2, 0.25) is 0 Å². The average molecular weight is 365 g/mol. The maximum atomic E-state index is 12.3. The SMILES string of the molecule is CCC(N)(CC)CNC(=O)c1ccc(=O)n(Cc2ccccc2)n1.Cl. The summed E-state index contributed by atoms with van der Waals surface area (Å²) in [5, 5.41) is 6.98. The van der Waals surface area contributed by atoms with Crippen molar-refractivity contribution in [1.82, 2.24) is 15.1 Å². The summed E-state index contributed by atoms with van der Waals surface area (Å²) in [5.74, 6) is -0.325. The van der Waals surface area contributed by atoms with Gasteiger partial charge in [-0.05, 0) is 24.5 Å². The Kier molecular flexibility index (Phi) is 7.80. The standard InChI is InChI=1S/C18H24N4O2.ClH/c1-3-18(19,4-2)13-20-17(24)15-10-11-16(23)22(21-15)12-14-8-6-5-7-9-14;/h5-11H,3-4,12-13,19H2,1-2H3,(H,20,24);1H. The van der Waals surface area contributed by atoms with Crippen LogP contribution < -0.4 is 16.6 Å². The van der Waals surface area contributed by atoms with E-state index in [0.717, 1.165) is 18.4 Å². The molecule has 3 N–H and O–H groups in total.